The van der Waals surface area contributed by atoms with Gasteiger partial charge in [0, 0.05) is 26.2 Å². The van der Waals surface area contributed by atoms with Gasteiger partial charge in [-0.05, 0) is 6.92 Å². The second-order valence-electron chi connectivity index (χ2n) is 5.30. The Balaban J connectivity index is 1.44. The number of fused-ring (bicyclic) bond motifs is 1. The fraction of sp³-hybridized carbons (Fsp3) is 0.462. The van der Waals surface area contributed by atoms with E-state index in [2.05, 4.69) is 39.9 Å². The molecule has 0 amide bonds. The van der Waals surface area contributed by atoms with E-state index in [1.807, 2.05) is 6.92 Å². The minimum absolute atomic E-state index is 0.670. The van der Waals surface area contributed by atoms with Gasteiger partial charge in [0.1, 0.15) is 11.8 Å². The van der Waals surface area contributed by atoms with Gasteiger partial charge in [-0.25, -0.2) is 15.0 Å². The zero-order valence-electron chi connectivity index (χ0n) is 12.2. The van der Waals surface area contributed by atoms with Gasteiger partial charge in [0.25, 0.3) is 0 Å². The summed E-state index contributed by atoms with van der Waals surface area (Å²) in [5.74, 6) is 2.26. The van der Waals surface area contributed by atoms with Crippen LogP contribution in [0.5, 0.6) is 0 Å². The van der Waals surface area contributed by atoms with Gasteiger partial charge in [-0.2, -0.15) is 4.98 Å². The average molecular weight is 300 g/mol. The van der Waals surface area contributed by atoms with Crippen LogP contribution in [0.2, 0.25) is 0 Å². The molecule has 4 rings (SSSR count). The first kappa shape index (κ1) is 13.1. The molecule has 0 spiro atoms. The van der Waals surface area contributed by atoms with Crippen LogP contribution in [0, 0.1) is 6.92 Å². The van der Waals surface area contributed by atoms with Crippen LogP contribution in [0.1, 0.15) is 11.7 Å². The summed E-state index contributed by atoms with van der Waals surface area (Å²) in [6, 6.07) is 0. The Labute approximate surface area is 126 Å². The highest BCUT2D eigenvalue weighted by molar-refractivity contribution is 5.82. The number of aromatic amines is 1. The lowest BCUT2D eigenvalue weighted by molar-refractivity contribution is 0.215. The van der Waals surface area contributed by atoms with E-state index in [9.17, 15) is 0 Å². The van der Waals surface area contributed by atoms with E-state index in [1.165, 1.54) is 0 Å². The third kappa shape index (κ3) is 2.39. The van der Waals surface area contributed by atoms with Gasteiger partial charge in [0.15, 0.2) is 17.3 Å². The van der Waals surface area contributed by atoms with Gasteiger partial charge in [-0.3, -0.25) is 4.90 Å². The summed E-state index contributed by atoms with van der Waals surface area (Å²) >= 11 is 0. The van der Waals surface area contributed by atoms with Crippen LogP contribution in [0.3, 0.4) is 0 Å². The fourth-order valence-electron chi connectivity index (χ4n) is 2.71. The third-order valence-corrected chi connectivity index (χ3v) is 3.80. The Morgan fingerprint density at radius 1 is 1.18 bits per heavy atom. The van der Waals surface area contributed by atoms with Crippen molar-refractivity contribution in [1.82, 2.24) is 35.0 Å². The topological polar surface area (TPSA) is 99.9 Å². The van der Waals surface area contributed by atoms with E-state index in [-0.39, 0.29) is 0 Å². The molecule has 4 heterocycles. The zero-order valence-corrected chi connectivity index (χ0v) is 12.2. The Kier molecular flexibility index (Phi) is 3.19. The van der Waals surface area contributed by atoms with Crippen molar-refractivity contribution in [3.8, 4) is 0 Å². The lowest BCUT2D eigenvalue weighted by Gasteiger charge is -2.34. The first-order chi connectivity index (χ1) is 10.8. The van der Waals surface area contributed by atoms with Gasteiger partial charge in [-0.1, -0.05) is 5.16 Å². The standard InChI is InChI=1S/C13H16N8O/c1-9-18-10(22-19-9)6-20-2-4-21(5-3-20)13-11-12(15-7-14-11)16-8-17-13/h7-8H,2-6H2,1H3,(H,14,15,16,17). The Hall–Kier alpha value is -2.55. The van der Waals surface area contributed by atoms with Gasteiger partial charge < -0.3 is 14.4 Å². The number of rotatable bonds is 3. The summed E-state index contributed by atoms with van der Waals surface area (Å²) in [7, 11) is 0. The zero-order chi connectivity index (χ0) is 14.9. The monoisotopic (exact) mass is 300 g/mol. The number of aryl methyl sites for hydroxylation is 1. The normalized spacial score (nSPS) is 16.5. The van der Waals surface area contributed by atoms with Gasteiger partial charge in [-0.15, -0.1) is 0 Å². The molecule has 0 radical (unpaired) electrons. The molecule has 0 aromatic carbocycles. The van der Waals surface area contributed by atoms with Crippen LogP contribution in [0.25, 0.3) is 11.2 Å². The van der Waals surface area contributed by atoms with E-state index < -0.39 is 0 Å². The van der Waals surface area contributed by atoms with Crippen molar-refractivity contribution in [3.05, 3.63) is 24.4 Å². The highest BCUT2D eigenvalue weighted by Crippen LogP contribution is 2.21. The molecule has 3 aromatic heterocycles. The smallest absolute Gasteiger partial charge is 0.240 e. The van der Waals surface area contributed by atoms with E-state index in [0.29, 0.717) is 23.9 Å². The molecular formula is C13H16N8O. The number of H-pyrrole nitrogens is 1. The van der Waals surface area contributed by atoms with Crippen LogP contribution in [0.15, 0.2) is 17.2 Å². The maximum Gasteiger partial charge on any atom is 0.240 e. The molecule has 0 atom stereocenters. The molecule has 1 N–H and O–H groups in total. The lowest BCUT2D eigenvalue weighted by Crippen LogP contribution is -2.46. The van der Waals surface area contributed by atoms with E-state index >= 15 is 0 Å². The summed E-state index contributed by atoms with van der Waals surface area (Å²) < 4.78 is 5.18. The summed E-state index contributed by atoms with van der Waals surface area (Å²) in [4.78, 5) is 24.6. The van der Waals surface area contributed by atoms with Crippen molar-refractivity contribution in [1.29, 1.82) is 0 Å². The molecule has 9 nitrogen and oxygen atoms in total. The predicted molar refractivity (Wildman–Crippen MR) is 78.2 cm³/mol. The van der Waals surface area contributed by atoms with Crippen LogP contribution in [0.4, 0.5) is 5.82 Å². The first-order valence-electron chi connectivity index (χ1n) is 7.20. The Morgan fingerprint density at radius 3 is 2.82 bits per heavy atom. The molecular weight excluding hydrogens is 284 g/mol. The average Bonchev–Trinajstić information content (AvgIpc) is 3.16. The SMILES string of the molecule is Cc1noc(CN2CCN(c3ncnc4nc[nH]c34)CC2)n1. The molecule has 22 heavy (non-hydrogen) atoms. The Morgan fingerprint density at radius 2 is 2.05 bits per heavy atom. The molecule has 9 heteroatoms. The van der Waals surface area contributed by atoms with E-state index in [0.717, 1.165) is 37.5 Å². The number of piperazine rings is 1. The van der Waals surface area contributed by atoms with Crippen molar-refractivity contribution in [3.63, 3.8) is 0 Å². The number of hydrogen-bond acceptors (Lipinski definition) is 8. The quantitative estimate of drug-likeness (QED) is 0.740. The van der Waals surface area contributed by atoms with Crippen LogP contribution in [-0.4, -0.2) is 61.2 Å². The second kappa shape index (κ2) is 5.34. The predicted octanol–water partition coefficient (Wildman–Crippen LogP) is 0.367. The maximum atomic E-state index is 5.18. The molecule has 0 saturated carbocycles. The first-order valence-corrected chi connectivity index (χ1v) is 7.20. The van der Waals surface area contributed by atoms with Crippen LogP contribution < -0.4 is 4.90 Å². The largest absolute Gasteiger partial charge is 0.352 e. The van der Waals surface area contributed by atoms with Crippen molar-refractivity contribution in [2.24, 2.45) is 0 Å². The maximum absolute atomic E-state index is 5.18. The van der Waals surface area contributed by atoms with Crippen molar-refractivity contribution in [2.75, 3.05) is 31.1 Å². The molecule has 1 fully saturated rings. The van der Waals surface area contributed by atoms with Crippen molar-refractivity contribution in [2.45, 2.75) is 13.5 Å². The molecule has 1 saturated heterocycles. The number of aromatic nitrogens is 6. The third-order valence-electron chi connectivity index (χ3n) is 3.80. The summed E-state index contributed by atoms with van der Waals surface area (Å²) in [6.45, 7) is 6.13. The van der Waals surface area contributed by atoms with Crippen LogP contribution >= 0.6 is 0 Å². The number of nitrogens with one attached hydrogen (secondary N) is 1. The van der Waals surface area contributed by atoms with E-state index in [4.69, 9.17) is 4.52 Å². The Bertz CT molecular complexity index is 773. The highest BCUT2D eigenvalue weighted by Gasteiger charge is 2.21. The number of anilines is 1. The number of hydrogen-bond donors (Lipinski definition) is 1. The van der Waals surface area contributed by atoms with Crippen LogP contribution in [-0.2, 0) is 6.54 Å². The fourth-order valence-corrected chi connectivity index (χ4v) is 2.71. The van der Waals surface area contributed by atoms with Crippen molar-refractivity contribution < 1.29 is 4.52 Å². The van der Waals surface area contributed by atoms with Crippen molar-refractivity contribution >= 4 is 17.0 Å². The highest BCUT2D eigenvalue weighted by atomic mass is 16.5. The minimum atomic E-state index is 0.670. The second-order valence-corrected chi connectivity index (χ2v) is 5.30. The summed E-state index contributed by atoms with van der Waals surface area (Å²) in [5, 5.41) is 3.82. The number of imidazole rings is 1. The lowest BCUT2D eigenvalue weighted by atomic mass is 10.3. The van der Waals surface area contributed by atoms with E-state index in [1.54, 1.807) is 12.7 Å². The molecule has 1 aliphatic heterocycles. The molecule has 0 unspecified atom stereocenters. The molecule has 0 aliphatic carbocycles. The number of nitrogens with zero attached hydrogens (tertiary/aromatic N) is 7. The molecule has 0 bridgehead atoms. The van der Waals surface area contributed by atoms with Gasteiger partial charge in [0.05, 0.1) is 12.9 Å². The summed E-state index contributed by atoms with van der Waals surface area (Å²) in [6.07, 6.45) is 3.21. The molecule has 3 aromatic rings. The molecule has 1 aliphatic rings. The van der Waals surface area contributed by atoms with Gasteiger partial charge >= 0.3 is 0 Å². The molecule has 114 valence electrons. The van der Waals surface area contributed by atoms with Gasteiger partial charge in [0.2, 0.25) is 5.89 Å². The summed E-state index contributed by atoms with van der Waals surface area (Å²) in [5.41, 5.74) is 1.59. The minimum Gasteiger partial charge on any atom is -0.352 e.